The Kier molecular flexibility index (Phi) is 4.29. The van der Waals surface area contributed by atoms with Crippen LogP contribution in [0.15, 0.2) is 42.0 Å². The summed E-state index contributed by atoms with van der Waals surface area (Å²) >= 11 is 0. The van der Waals surface area contributed by atoms with E-state index in [4.69, 9.17) is 0 Å². The Bertz CT molecular complexity index is 345. The molecule has 0 spiro atoms. The van der Waals surface area contributed by atoms with Crippen LogP contribution in [-0.2, 0) is 0 Å². The zero-order valence-electron chi connectivity index (χ0n) is 9.66. The number of carbonyl (C=O) groups excluding carboxylic acids is 1. The van der Waals surface area contributed by atoms with Crippen molar-refractivity contribution in [3.05, 3.63) is 47.5 Å². The summed E-state index contributed by atoms with van der Waals surface area (Å²) in [6, 6.07) is 9.48. The Hall–Kier alpha value is -1.37. The number of rotatable bonds is 4. The summed E-state index contributed by atoms with van der Waals surface area (Å²) in [5, 5.41) is 0. The molecule has 1 heteroatoms. The Morgan fingerprint density at radius 2 is 1.87 bits per heavy atom. The molecule has 80 valence electrons. The molecule has 1 rings (SSSR count). The van der Waals surface area contributed by atoms with Gasteiger partial charge in [0.1, 0.15) is 0 Å². The van der Waals surface area contributed by atoms with Crippen molar-refractivity contribution in [2.24, 2.45) is 5.92 Å². The van der Waals surface area contributed by atoms with Gasteiger partial charge in [-0.1, -0.05) is 48.9 Å². The maximum atomic E-state index is 11.8. The van der Waals surface area contributed by atoms with Gasteiger partial charge in [0.25, 0.3) is 0 Å². The lowest BCUT2D eigenvalue weighted by Crippen LogP contribution is -2.04. The third-order valence-electron chi connectivity index (χ3n) is 2.22. The van der Waals surface area contributed by atoms with E-state index in [-0.39, 0.29) is 5.78 Å². The summed E-state index contributed by atoms with van der Waals surface area (Å²) in [6.07, 6.45) is 2.73. The maximum absolute atomic E-state index is 11.8. The van der Waals surface area contributed by atoms with Crippen molar-refractivity contribution in [3.8, 4) is 0 Å². The van der Waals surface area contributed by atoms with E-state index in [0.29, 0.717) is 12.3 Å². The second-order valence-electron chi connectivity index (χ2n) is 4.21. The van der Waals surface area contributed by atoms with Crippen molar-refractivity contribution in [1.82, 2.24) is 0 Å². The predicted octanol–water partition coefficient (Wildman–Crippen LogP) is 3.86. The van der Waals surface area contributed by atoms with E-state index in [1.807, 2.05) is 30.3 Å². The van der Waals surface area contributed by atoms with Gasteiger partial charge in [-0.2, -0.15) is 0 Å². The van der Waals surface area contributed by atoms with Gasteiger partial charge in [-0.05, 0) is 19.8 Å². The van der Waals surface area contributed by atoms with Crippen LogP contribution >= 0.6 is 0 Å². The molecule has 1 nitrogen and oxygen atoms in total. The molecule has 0 aliphatic heterocycles. The van der Waals surface area contributed by atoms with Crippen molar-refractivity contribution >= 4 is 5.78 Å². The molecule has 0 fully saturated rings. The van der Waals surface area contributed by atoms with Gasteiger partial charge in [-0.15, -0.1) is 0 Å². The van der Waals surface area contributed by atoms with Crippen molar-refractivity contribution in [3.63, 3.8) is 0 Å². The van der Waals surface area contributed by atoms with Crippen molar-refractivity contribution in [2.45, 2.75) is 27.2 Å². The smallest absolute Gasteiger partial charge is 0.163 e. The Morgan fingerprint density at radius 1 is 1.27 bits per heavy atom. The Morgan fingerprint density at radius 3 is 2.40 bits per heavy atom. The number of hydrogen-bond acceptors (Lipinski definition) is 1. The van der Waals surface area contributed by atoms with Gasteiger partial charge in [0.15, 0.2) is 5.78 Å². The van der Waals surface area contributed by atoms with Gasteiger partial charge in [-0.3, -0.25) is 4.79 Å². The van der Waals surface area contributed by atoms with E-state index < -0.39 is 0 Å². The summed E-state index contributed by atoms with van der Waals surface area (Å²) in [4.78, 5) is 11.8. The van der Waals surface area contributed by atoms with E-state index >= 15 is 0 Å². The first-order valence-electron chi connectivity index (χ1n) is 5.33. The van der Waals surface area contributed by atoms with Gasteiger partial charge in [-0.25, -0.2) is 0 Å². The van der Waals surface area contributed by atoms with Crippen LogP contribution in [0.5, 0.6) is 0 Å². The highest BCUT2D eigenvalue weighted by Crippen LogP contribution is 2.12. The zero-order valence-corrected chi connectivity index (χ0v) is 9.66. The second-order valence-corrected chi connectivity index (χ2v) is 4.21. The lowest BCUT2D eigenvalue weighted by Gasteiger charge is -2.06. The van der Waals surface area contributed by atoms with Gasteiger partial charge in [0.2, 0.25) is 0 Å². The highest BCUT2D eigenvalue weighted by atomic mass is 16.1. The number of hydrogen-bond donors (Lipinski definition) is 0. The minimum atomic E-state index is 0.223. The number of ketones is 1. The second kappa shape index (κ2) is 5.50. The van der Waals surface area contributed by atoms with Crippen LogP contribution in [0, 0.1) is 5.92 Å². The Labute approximate surface area is 91.8 Å². The topological polar surface area (TPSA) is 17.1 Å². The third-order valence-corrected chi connectivity index (χ3v) is 2.22. The summed E-state index contributed by atoms with van der Waals surface area (Å²) in [5.41, 5.74) is 2.08. The van der Waals surface area contributed by atoms with Gasteiger partial charge in [0.05, 0.1) is 0 Å². The first-order valence-corrected chi connectivity index (χ1v) is 5.33. The SMILES string of the molecule is CC(C)=CC(C)CC(=O)c1ccccc1. The third kappa shape index (κ3) is 4.11. The van der Waals surface area contributed by atoms with Gasteiger partial charge >= 0.3 is 0 Å². The molecule has 15 heavy (non-hydrogen) atoms. The number of benzene rings is 1. The van der Waals surface area contributed by atoms with E-state index in [0.717, 1.165) is 5.56 Å². The monoisotopic (exact) mass is 202 g/mol. The summed E-state index contributed by atoms with van der Waals surface area (Å²) < 4.78 is 0. The molecule has 1 aromatic carbocycles. The fourth-order valence-corrected chi connectivity index (χ4v) is 1.66. The zero-order chi connectivity index (χ0) is 11.3. The molecule has 0 saturated carbocycles. The molecule has 0 radical (unpaired) electrons. The van der Waals surface area contributed by atoms with Crippen LogP contribution in [0.3, 0.4) is 0 Å². The van der Waals surface area contributed by atoms with Gasteiger partial charge < -0.3 is 0 Å². The normalized spacial score (nSPS) is 11.9. The van der Waals surface area contributed by atoms with Crippen LogP contribution in [0.25, 0.3) is 0 Å². The van der Waals surface area contributed by atoms with E-state index in [9.17, 15) is 4.79 Å². The molecule has 0 amide bonds. The first-order chi connectivity index (χ1) is 7.09. The molecule has 1 atom stereocenters. The first kappa shape index (κ1) is 11.7. The van der Waals surface area contributed by atoms with E-state index in [1.54, 1.807) is 0 Å². The predicted molar refractivity (Wildman–Crippen MR) is 64.0 cm³/mol. The lowest BCUT2D eigenvalue weighted by atomic mass is 9.98. The highest BCUT2D eigenvalue weighted by Gasteiger charge is 2.08. The van der Waals surface area contributed by atoms with Crippen LogP contribution in [0.2, 0.25) is 0 Å². The van der Waals surface area contributed by atoms with Crippen molar-refractivity contribution < 1.29 is 4.79 Å². The van der Waals surface area contributed by atoms with Crippen LogP contribution in [0.1, 0.15) is 37.6 Å². The summed E-state index contributed by atoms with van der Waals surface area (Å²) in [7, 11) is 0. The van der Waals surface area contributed by atoms with Crippen LogP contribution in [-0.4, -0.2) is 5.78 Å². The average molecular weight is 202 g/mol. The largest absolute Gasteiger partial charge is 0.294 e. The van der Waals surface area contributed by atoms with E-state index in [1.165, 1.54) is 5.57 Å². The lowest BCUT2D eigenvalue weighted by molar-refractivity contribution is 0.0972. The number of Topliss-reactive ketones (excluding diaryl/α,β-unsaturated/α-hetero) is 1. The number of allylic oxidation sites excluding steroid dienone is 2. The molecule has 1 unspecified atom stereocenters. The Balaban J connectivity index is 2.61. The quantitative estimate of drug-likeness (QED) is 0.535. The highest BCUT2D eigenvalue weighted by molar-refractivity contribution is 5.96. The molecule has 0 saturated heterocycles. The summed E-state index contributed by atoms with van der Waals surface area (Å²) in [6.45, 7) is 6.20. The number of carbonyl (C=O) groups is 1. The molecule has 0 heterocycles. The van der Waals surface area contributed by atoms with Crippen molar-refractivity contribution in [2.75, 3.05) is 0 Å². The van der Waals surface area contributed by atoms with E-state index in [2.05, 4.69) is 26.8 Å². The standard InChI is InChI=1S/C14H18O/c1-11(2)9-12(3)10-14(15)13-7-5-4-6-8-13/h4-9,12H,10H2,1-3H3. The fraction of sp³-hybridized carbons (Fsp3) is 0.357. The van der Waals surface area contributed by atoms with Crippen LogP contribution < -0.4 is 0 Å². The maximum Gasteiger partial charge on any atom is 0.163 e. The molecule has 0 aromatic heterocycles. The van der Waals surface area contributed by atoms with Crippen LogP contribution in [0.4, 0.5) is 0 Å². The molecule has 0 bridgehead atoms. The van der Waals surface area contributed by atoms with Gasteiger partial charge in [0, 0.05) is 12.0 Å². The molecular weight excluding hydrogens is 184 g/mol. The minimum absolute atomic E-state index is 0.223. The molecule has 0 aliphatic carbocycles. The molecule has 0 N–H and O–H groups in total. The molecule has 0 aliphatic rings. The fourth-order valence-electron chi connectivity index (χ4n) is 1.66. The summed E-state index contributed by atoms with van der Waals surface area (Å²) in [5.74, 6) is 0.545. The minimum Gasteiger partial charge on any atom is -0.294 e. The average Bonchev–Trinajstić information content (AvgIpc) is 2.17. The molecule has 1 aromatic rings. The molecular formula is C14H18O. The van der Waals surface area contributed by atoms with Crippen molar-refractivity contribution in [1.29, 1.82) is 0 Å².